The number of methoxy groups -OCH3 is 3. The van der Waals surface area contributed by atoms with Crippen LogP contribution in [0, 0.1) is 11.8 Å². The van der Waals surface area contributed by atoms with E-state index in [0.29, 0.717) is 29.1 Å². The third kappa shape index (κ3) is 2.85. The summed E-state index contributed by atoms with van der Waals surface area (Å²) < 4.78 is 27.9. The van der Waals surface area contributed by atoms with Crippen LogP contribution < -0.4 is 23.7 Å². The number of rotatable bonds is 4. The summed E-state index contributed by atoms with van der Waals surface area (Å²) in [6.07, 6.45) is 1.04. The quantitative estimate of drug-likeness (QED) is 0.798. The van der Waals surface area contributed by atoms with E-state index in [4.69, 9.17) is 23.7 Å². The predicted molar refractivity (Wildman–Crippen MR) is 103 cm³/mol. The summed E-state index contributed by atoms with van der Waals surface area (Å²) in [5.41, 5.74) is 3.77. The summed E-state index contributed by atoms with van der Waals surface area (Å²) >= 11 is 0. The lowest BCUT2D eigenvalue weighted by molar-refractivity contribution is 0.174. The van der Waals surface area contributed by atoms with Gasteiger partial charge in [0.25, 0.3) is 0 Å². The van der Waals surface area contributed by atoms with Crippen molar-refractivity contribution in [3.05, 3.63) is 41.0 Å². The van der Waals surface area contributed by atoms with Gasteiger partial charge < -0.3 is 23.7 Å². The Balaban J connectivity index is 1.88. The molecule has 0 amide bonds. The maximum absolute atomic E-state index is 5.65. The molecule has 27 heavy (non-hydrogen) atoms. The summed E-state index contributed by atoms with van der Waals surface area (Å²) in [6, 6.07) is 8.42. The molecule has 1 aliphatic carbocycles. The Kier molecular flexibility index (Phi) is 4.54. The van der Waals surface area contributed by atoms with Gasteiger partial charge in [0.1, 0.15) is 0 Å². The van der Waals surface area contributed by atoms with Crippen molar-refractivity contribution in [2.45, 2.75) is 26.2 Å². The highest BCUT2D eigenvalue weighted by atomic mass is 16.7. The minimum atomic E-state index is 0.215. The molecular weight excluding hydrogens is 344 g/mol. The van der Waals surface area contributed by atoms with Crippen LogP contribution in [0.2, 0.25) is 0 Å². The second-order valence-corrected chi connectivity index (χ2v) is 7.38. The lowest BCUT2D eigenvalue weighted by Gasteiger charge is -2.37. The molecule has 3 atom stereocenters. The Morgan fingerprint density at radius 1 is 0.852 bits per heavy atom. The number of ether oxygens (including phenoxy) is 5. The molecule has 2 aliphatic rings. The van der Waals surface area contributed by atoms with Crippen LogP contribution in [0.5, 0.6) is 28.7 Å². The first-order valence-corrected chi connectivity index (χ1v) is 9.29. The average molecular weight is 370 g/mol. The molecule has 144 valence electrons. The maximum Gasteiger partial charge on any atom is 0.231 e. The lowest BCUT2D eigenvalue weighted by atomic mass is 9.68. The van der Waals surface area contributed by atoms with Crippen molar-refractivity contribution in [2.24, 2.45) is 11.8 Å². The van der Waals surface area contributed by atoms with Crippen molar-refractivity contribution in [2.75, 3.05) is 28.1 Å². The zero-order valence-corrected chi connectivity index (χ0v) is 16.5. The van der Waals surface area contributed by atoms with E-state index in [2.05, 4.69) is 38.1 Å². The Morgan fingerprint density at radius 3 is 2.07 bits per heavy atom. The molecule has 0 spiro atoms. The molecule has 4 rings (SSSR count). The molecule has 5 nitrogen and oxygen atoms in total. The average Bonchev–Trinajstić information content (AvgIpc) is 3.13. The molecule has 0 fully saturated rings. The minimum Gasteiger partial charge on any atom is -0.493 e. The van der Waals surface area contributed by atoms with Gasteiger partial charge in [-0.25, -0.2) is 0 Å². The van der Waals surface area contributed by atoms with E-state index >= 15 is 0 Å². The topological polar surface area (TPSA) is 46.2 Å². The Hall–Kier alpha value is -2.56. The molecule has 0 radical (unpaired) electrons. The van der Waals surface area contributed by atoms with Gasteiger partial charge in [-0.2, -0.15) is 0 Å². The van der Waals surface area contributed by atoms with E-state index < -0.39 is 0 Å². The minimum absolute atomic E-state index is 0.215. The largest absolute Gasteiger partial charge is 0.493 e. The lowest BCUT2D eigenvalue weighted by Crippen LogP contribution is -2.26. The Labute approximate surface area is 160 Å². The fourth-order valence-electron chi connectivity index (χ4n) is 4.37. The molecule has 0 saturated heterocycles. The second-order valence-electron chi connectivity index (χ2n) is 7.38. The monoisotopic (exact) mass is 370 g/mol. The van der Waals surface area contributed by atoms with E-state index in [9.17, 15) is 0 Å². The third-order valence-corrected chi connectivity index (χ3v) is 5.98. The second kappa shape index (κ2) is 6.87. The molecular formula is C22H26O5. The molecule has 2 aromatic carbocycles. The van der Waals surface area contributed by atoms with Gasteiger partial charge in [0, 0.05) is 5.92 Å². The standard InChI is InChI=1S/C22H26O5/c1-12-6-14-7-17-18(27-11-26-17)10-16(14)21(13(12)2)15-8-19(23-3)22(25-5)20(9-15)24-4/h7-10,12-13,21H,6,11H2,1-5H3. The highest BCUT2D eigenvalue weighted by Gasteiger charge is 2.35. The summed E-state index contributed by atoms with van der Waals surface area (Å²) in [7, 11) is 4.93. The fraction of sp³-hybridized carbons (Fsp3) is 0.455. The summed E-state index contributed by atoms with van der Waals surface area (Å²) in [4.78, 5) is 0. The molecule has 1 heterocycles. The third-order valence-electron chi connectivity index (χ3n) is 5.98. The van der Waals surface area contributed by atoms with Crippen LogP contribution in [0.25, 0.3) is 0 Å². The molecule has 5 heteroatoms. The maximum atomic E-state index is 5.65. The molecule has 3 unspecified atom stereocenters. The van der Waals surface area contributed by atoms with Crippen molar-refractivity contribution in [3.63, 3.8) is 0 Å². The predicted octanol–water partition coefficient (Wildman–Crippen LogP) is 4.40. The van der Waals surface area contributed by atoms with Crippen molar-refractivity contribution in [1.82, 2.24) is 0 Å². The molecule has 1 aliphatic heterocycles. The zero-order valence-electron chi connectivity index (χ0n) is 16.5. The smallest absolute Gasteiger partial charge is 0.231 e. The first-order valence-electron chi connectivity index (χ1n) is 9.29. The SMILES string of the molecule is COc1cc(C2c3cc4c(cc3CC(C)C2C)OCO4)cc(OC)c1OC. The van der Waals surface area contributed by atoms with Crippen LogP contribution in [-0.4, -0.2) is 28.1 Å². The van der Waals surface area contributed by atoms with Gasteiger partial charge in [-0.05, 0) is 59.2 Å². The van der Waals surface area contributed by atoms with E-state index in [0.717, 1.165) is 23.5 Å². The molecule has 0 bridgehead atoms. The van der Waals surface area contributed by atoms with Crippen LogP contribution in [0.3, 0.4) is 0 Å². The highest BCUT2D eigenvalue weighted by molar-refractivity contribution is 5.58. The van der Waals surface area contributed by atoms with Crippen LogP contribution in [0.15, 0.2) is 24.3 Å². The van der Waals surface area contributed by atoms with Crippen LogP contribution in [0.1, 0.15) is 36.5 Å². The first kappa shape index (κ1) is 17.8. The van der Waals surface area contributed by atoms with E-state index in [-0.39, 0.29) is 12.7 Å². The number of hydrogen-bond acceptors (Lipinski definition) is 5. The van der Waals surface area contributed by atoms with Crippen molar-refractivity contribution in [3.8, 4) is 28.7 Å². The van der Waals surface area contributed by atoms with Crippen LogP contribution >= 0.6 is 0 Å². The Morgan fingerprint density at radius 2 is 1.48 bits per heavy atom. The number of fused-ring (bicyclic) bond motifs is 2. The first-order chi connectivity index (χ1) is 13.1. The van der Waals surface area contributed by atoms with E-state index in [1.807, 2.05) is 0 Å². The van der Waals surface area contributed by atoms with Crippen molar-refractivity contribution < 1.29 is 23.7 Å². The normalized spacial score (nSPS) is 22.9. The summed E-state index contributed by atoms with van der Waals surface area (Å²) in [6.45, 7) is 4.91. The van der Waals surface area contributed by atoms with E-state index in [1.165, 1.54) is 11.1 Å². The van der Waals surface area contributed by atoms with Gasteiger partial charge in [-0.3, -0.25) is 0 Å². The van der Waals surface area contributed by atoms with Crippen molar-refractivity contribution >= 4 is 0 Å². The Bertz CT molecular complexity index is 835. The molecule has 0 saturated carbocycles. The van der Waals surface area contributed by atoms with Gasteiger partial charge in [-0.15, -0.1) is 0 Å². The molecule has 2 aromatic rings. The number of benzene rings is 2. The van der Waals surface area contributed by atoms with Crippen LogP contribution in [-0.2, 0) is 6.42 Å². The zero-order chi connectivity index (χ0) is 19.1. The van der Waals surface area contributed by atoms with E-state index in [1.54, 1.807) is 21.3 Å². The number of hydrogen-bond donors (Lipinski definition) is 0. The van der Waals surface area contributed by atoms with Gasteiger partial charge in [0.2, 0.25) is 12.5 Å². The fourth-order valence-corrected chi connectivity index (χ4v) is 4.37. The van der Waals surface area contributed by atoms with Gasteiger partial charge in [0.15, 0.2) is 23.0 Å². The van der Waals surface area contributed by atoms with Crippen molar-refractivity contribution in [1.29, 1.82) is 0 Å². The summed E-state index contributed by atoms with van der Waals surface area (Å²) in [5, 5.41) is 0. The summed E-state index contributed by atoms with van der Waals surface area (Å²) in [5.74, 6) is 4.87. The highest BCUT2D eigenvalue weighted by Crippen LogP contribution is 2.50. The molecule has 0 N–H and O–H groups in total. The van der Waals surface area contributed by atoms with Gasteiger partial charge >= 0.3 is 0 Å². The van der Waals surface area contributed by atoms with Gasteiger partial charge in [0.05, 0.1) is 21.3 Å². The van der Waals surface area contributed by atoms with Crippen LogP contribution in [0.4, 0.5) is 0 Å². The molecule has 0 aromatic heterocycles. The van der Waals surface area contributed by atoms with Gasteiger partial charge in [-0.1, -0.05) is 13.8 Å².